The van der Waals surface area contributed by atoms with Gasteiger partial charge in [-0.05, 0) is 24.3 Å². The van der Waals surface area contributed by atoms with Gasteiger partial charge in [0.05, 0.1) is 18.1 Å². The van der Waals surface area contributed by atoms with Crippen LogP contribution in [0.2, 0.25) is 0 Å². The van der Waals surface area contributed by atoms with Crippen LogP contribution in [0.15, 0.2) is 46.6 Å². The summed E-state index contributed by atoms with van der Waals surface area (Å²) in [6, 6.07) is 10.1. The molecular weight excluding hydrogens is 416 g/mol. The minimum absolute atomic E-state index is 0.0496. The van der Waals surface area contributed by atoms with E-state index in [0.29, 0.717) is 30.6 Å². The molecule has 0 radical (unpaired) electrons. The number of rotatable bonds is 11. The van der Waals surface area contributed by atoms with E-state index in [9.17, 15) is 4.79 Å². The number of nitrogens with zero attached hydrogens (tertiary/aromatic N) is 4. The number of nitrogens with one attached hydrogen (secondary N) is 2. The van der Waals surface area contributed by atoms with Gasteiger partial charge in [-0.3, -0.25) is 4.79 Å². The lowest BCUT2D eigenvalue weighted by Crippen LogP contribution is -2.27. The third-order valence-electron chi connectivity index (χ3n) is 4.32. The molecule has 0 atom stereocenters. The molecular formula is C21H28N6OS2. The van der Waals surface area contributed by atoms with E-state index in [0.717, 1.165) is 29.1 Å². The number of carbonyl (C=O) groups is 1. The Morgan fingerprint density at radius 3 is 2.73 bits per heavy atom. The molecule has 0 aliphatic heterocycles. The molecule has 0 bridgehead atoms. The number of carbonyl (C=O) groups excluding carboxylic acids is 1. The van der Waals surface area contributed by atoms with E-state index in [1.807, 2.05) is 29.1 Å². The van der Waals surface area contributed by atoms with Crippen molar-refractivity contribution in [2.75, 3.05) is 30.4 Å². The molecule has 9 heteroatoms. The molecule has 30 heavy (non-hydrogen) atoms. The number of hydrogen-bond acceptors (Lipinski definition) is 7. The lowest BCUT2D eigenvalue weighted by molar-refractivity contribution is -0.120. The van der Waals surface area contributed by atoms with Gasteiger partial charge in [0.15, 0.2) is 10.8 Å². The third kappa shape index (κ3) is 6.37. The Morgan fingerprint density at radius 2 is 2.00 bits per heavy atom. The average Bonchev–Trinajstić information content (AvgIpc) is 3.15. The van der Waals surface area contributed by atoms with Crippen LogP contribution in [-0.2, 0) is 11.3 Å². The molecule has 1 aromatic carbocycles. The fraction of sp³-hybridized carbons (Fsp3) is 0.429. The summed E-state index contributed by atoms with van der Waals surface area (Å²) in [4.78, 5) is 22.5. The van der Waals surface area contributed by atoms with Crippen molar-refractivity contribution in [3.63, 3.8) is 0 Å². The summed E-state index contributed by atoms with van der Waals surface area (Å²) < 4.78 is 1.83. The highest BCUT2D eigenvalue weighted by Crippen LogP contribution is 2.23. The third-order valence-corrected chi connectivity index (χ3v) is 5.88. The summed E-state index contributed by atoms with van der Waals surface area (Å²) >= 11 is 3.19. The minimum Gasteiger partial charge on any atom is -0.369 e. The zero-order valence-corrected chi connectivity index (χ0v) is 19.2. The monoisotopic (exact) mass is 444 g/mol. The molecule has 2 N–H and O–H groups in total. The fourth-order valence-electron chi connectivity index (χ4n) is 2.79. The maximum Gasteiger partial charge on any atom is 0.220 e. The van der Waals surface area contributed by atoms with Crippen LogP contribution >= 0.6 is 23.5 Å². The van der Waals surface area contributed by atoms with E-state index in [-0.39, 0.29) is 5.91 Å². The number of amides is 1. The molecule has 0 saturated heterocycles. The van der Waals surface area contributed by atoms with Crippen molar-refractivity contribution in [1.82, 2.24) is 25.1 Å². The zero-order chi connectivity index (χ0) is 21.3. The lowest BCUT2D eigenvalue weighted by Gasteiger charge is -2.11. The van der Waals surface area contributed by atoms with Crippen molar-refractivity contribution in [2.45, 2.75) is 36.9 Å². The van der Waals surface area contributed by atoms with Crippen molar-refractivity contribution in [3.05, 3.63) is 36.5 Å². The van der Waals surface area contributed by atoms with Crippen LogP contribution in [0.25, 0.3) is 11.0 Å². The summed E-state index contributed by atoms with van der Waals surface area (Å²) in [5, 5.41) is 12.4. The Bertz CT molecular complexity index is 961. The summed E-state index contributed by atoms with van der Waals surface area (Å²) in [5.74, 6) is 2.13. The molecule has 0 aliphatic rings. The second-order valence-corrected chi connectivity index (χ2v) is 9.14. The highest BCUT2D eigenvalue weighted by atomic mass is 32.2. The minimum atomic E-state index is 0.0496. The van der Waals surface area contributed by atoms with Gasteiger partial charge in [-0.1, -0.05) is 43.8 Å². The van der Waals surface area contributed by atoms with Gasteiger partial charge in [0, 0.05) is 30.2 Å². The van der Waals surface area contributed by atoms with Gasteiger partial charge >= 0.3 is 0 Å². The molecule has 0 unspecified atom stereocenters. The predicted molar refractivity (Wildman–Crippen MR) is 125 cm³/mol. The molecule has 7 nitrogen and oxygen atoms in total. The van der Waals surface area contributed by atoms with Crippen LogP contribution in [0.5, 0.6) is 0 Å². The molecule has 2 heterocycles. The quantitative estimate of drug-likeness (QED) is 0.342. The van der Waals surface area contributed by atoms with Gasteiger partial charge in [0.1, 0.15) is 5.82 Å². The van der Waals surface area contributed by atoms with Crippen molar-refractivity contribution in [1.29, 1.82) is 0 Å². The number of fused-ring (bicyclic) bond motifs is 1. The summed E-state index contributed by atoms with van der Waals surface area (Å²) in [6.07, 6.45) is 4.24. The molecule has 3 rings (SSSR count). The molecule has 0 aliphatic carbocycles. The number of benzene rings is 1. The highest BCUT2D eigenvalue weighted by molar-refractivity contribution is 7.99. The van der Waals surface area contributed by atoms with Gasteiger partial charge in [-0.2, -0.15) is 5.10 Å². The molecule has 0 spiro atoms. The van der Waals surface area contributed by atoms with Crippen LogP contribution in [0.1, 0.15) is 20.3 Å². The lowest BCUT2D eigenvalue weighted by atomic mass is 10.2. The maximum atomic E-state index is 12.1. The van der Waals surface area contributed by atoms with Crippen molar-refractivity contribution in [2.24, 2.45) is 5.92 Å². The van der Waals surface area contributed by atoms with E-state index in [1.165, 1.54) is 16.7 Å². The number of aromatic nitrogens is 4. The molecule has 0 fully saturated rings. The molecule has 160 valence electrons. The Balaban J connectivity index is 1.54. The van der Waals surface area contributed by atoms with Crippen molar-refractivity contribution in [3.8, 4) is 0 Å². The van der Waals surface area contributed by atoms with E-state index >= 15 is 0 Å². The van der Waals surface area contributed by atoms with Crippen LogP contribution < -0.4 is 10.6 Å². The number of anilines is 1. The van der Waals surface area contributed by atoms with E-state index in [2.05, 4.69) is 51.7 Å². The Hall–Kier alpha value is -2.26. The first-order valence-corrected chi connectivity index (χ1v) is 12.2. The van der Waals surface area contributed by atoms with Crippen molar-refractivity contribution >= 4 is 46.3 Å². The van der Waals surface area contributed by atoms with Gasteiger partial charge in [0.2, 0.25) is 5.91 Å². The normalized spacial score (nSPS) is 11.2. The van der Waals surface area contributed by atoms with E-state index < -0.39 is 0 Å². The number of hydrogen-bond donors (Lipinski definition) is 2. The van der Waals surface area contributed by atoms with Gasteiger partial charge in [-0.15, -0.1) is 11.8 Å². The van der Waals surface area contributed by atoms with Crippen LogP contribution in [0.3, 0.4) is 0 Å². The Kier molecular flexibility index (Phi) is 8.39. The SMILES string of the molecule is CSc1nc(NCC(C)C)c2cnn(CCNC(=O)CCSc3ccccc3)c2n1. The van der Waals surface area contributed by atoms with Gasteiger partial charge in [-0.25, -0.2) is 14.6 Å². The average molecular weight is 445 g/mol. The number of thioether (sulfide) groups is 2. The van der Waals surface area contributed by atoms with E-state index in [1.54, 1.807) is 18.0 Å². The first-order valence-electron chi connectivity index (χ1n) is 10.0. The Labute approximate surface area is 185 Å². The summed E-state index contributed by atoms with van der Waals surface area (Å²) in [7, 11) is 0. The second kappa shape index (κ2) is 11.2. The second-order valence-electron chi connectivity index (χ2n) is 7.20. The smallest absolute Gasteiger partial charge is 0.220 e. The first kappa shape index (κ1) is 22.4. The summed E-state index contributed by atoms with van der Waals surface area (Å²) in [6.45, 7) is 6.23. The zero-order valence-electron chi connectivity index (χ0n) is 17.6. The first-order chi connectivity index (χ1) is 14.6. The molecule has 3 aromatic rings. The van der Waals surface area contributed by atoms with Crippen LogP contribution in [-0.4, -0.2) is 50.8 Å². The molecule has 0 saturated carbocycles. The highest BCUT2D eigenvalue weighted by Gasteiger charge is 2.13. The van der Waals surface area contributed by atoms with Crippen molar-refractivity contribution < 1.29 is 4.79 Å². The maximum absolute atomic E-state index is 12.1. The van der Waals surface area contributed by atoms with E-state index in [4.69, 9.17) is 0 Å². The van der Waals surface area contributed by atoms with Gasteiger partial charge < -0.3 is 10.6 Å². The van der Waals surface area contributed by atoms with Crippen LogP contribution in [0.4, 0.5) is 5.82 Å². The van der Waals surface area contributed by atoms with Gasteiger partial charge in [0.25, 0.3) is 0 Å². The molecule has 2 aromatic heterocycles. The van der Waals surface area contributed by atoms with Crippen LogP contribution in [0, 0.1) is 5.92 Å². The Morgan fingerprint density at radius 1 is 1.20 bits per heavy atom. The topological polar surface area (TPSA) is 84.7 Å². The predicted octanol–water partition coefficient (Wildman–Crippen LogP) is 3.91. The standard InChI is InChI=1S/C21H28N6OS2/c1-15(2)13-23-19-17-14-24-27(20(17)26-21(25-19)29-3)11-10-22-18(28)9-12-30-16-7-5-4-6-8-16/h4-8,14-15H,9-13H2,1-3H3,(H,22,28)(H,23,25,26). The fourth-order valence-corrected chi connectivity index (χ4v) is 4.03. The largest absolute Gasteiger partial charge is 0.369 e. The molecule has 1 amide bonds. The summed E-state index contributed by atoms with van der Waals surface area (Å²) in [5.41, 5.74) is 0.787.